The molecule has 0 aliphatic rings. The van der Waals surface area contributed by atoms with Crippen molar-refractivity contribution in [1.29, 1.82) is 0 Å². The topological polar surface area (TPSA) is 0 Å². The molecule has 2 aromatic rings. The van der Waals surface area contributed by atoms with E-state index in [1.807, 2.05) is 0 Å². The molecule has 0 unspecified atom stereocenters. The third-order valence-electron chi connectivity index (χ3n) is 3.53. The Kier molecular flexibility index (Phi) is 3.33. The number of aryl methyl sites for hydroxylation is 2. The van der Waals surface area contributed by atoms with Crippen molar-refractivity contribution >= 4 is 22.9 Å². The van der Waals surface area contributed by atoms with E-state index in [9.17, 15) is 0 Å². The molecule has 0 radical (unpaired) electrons. The summed E-state index contributed by atoms with van der Waals surface area (Å²) in [4.78, 5) is 0. The molecule has 2 rings (SSSR count). The molecule has 0 amide bonds. The molecule has 0 aliphatic heterocycles. The Balaban J connectivity index is 3.12. The van der Waals surface area contributed by atoms with Gasteiger partial charge in [-0.15, -0.1) is 0 Å². The van der Waals surface area contributed by atoms with Crippen molar-refractivity contribution in [3.8, 4) is 0 Å². The highest BCUT2D eigenvalue weighted by atomic mass is 14.1. The van der Waals surface area contributed by atoms with Gasteiger partial charge in [-0.1, -0.05) is 43.3 Å². The molecule has 0 atom stereocenters. The highest BCUT2D eigenvalue weighted by molar-refractivity contribution is 5.89. The van der Waals surface area contributed by atoms with Crippen LogP contribution in [0, 0.1) is 13.8 Å². The summed E-state index contributed by atoms with van der Waals surface area (Å²) >= 11 is 0. The maximum atomic E-state index is 2.34. The van der Waals surface area contributed by atoms with Gasteiger partial charge in [-0.05, 0) is 59.5 Å². The van der Waals surface area contributed by atoms with E-state index in [4.69, 9.17) is 0 Å². The predicted octanol–water partition coefficient (Wildman–Crippen LogP) is 3.45. The molecule has 0 heteroatoms. The average molecular weight is 224 g/mol. The van der Waals surface area contributed by atoms with Gasteiger partial charge in [-0.3, -0.25) is 0 Å². The molecule has 17 heavy (non-hydrogen) atoms. The van der Waals surface area contributed by atoms with E-state index in [2.05, 4.69) is 64.1 Å². The standard InChI is InChI=1S/C17H20/c1-5-9-15-13(4)17-11-8-7-10-16(17)12(3)14(15)6-2/h6-11H,5H2,1-4H3/b14-6-,15-9-. The Labute approximate surface area is 103 Å². The van der Waals surface area contributed by atoms with E-state index in [1.54, 1.807) is 0 Å². The van der Waals surface area contributed by atoms with Crippen LogP contribution in [-0.4, -0.2) is 0 Å². The van der Waals surface area contributed by atoms with Crippen LogP contribution in [0.15, 0.2) is 24.3 Å². The van der Waals surface area contributed by atoms with Gasteiger partial charge in [0.2, 0.25) is 0 Å². The van der Waals surface area contributed by atoms with Crippen LogP contribution in [0.1, 0.15) is 31.4 Å². The summed E-state index contributed by atoms with van der Waals surface area (Å²) in [5.74, 6) is 0. The summed E-state index contributed by atoms with van der Waals surface area (Å²) in [5, 5.41) is 5.57. The molecule has 0 saturated heterocycles. The number of rotatable bonds is 1. The average Bonchev–Trinajstić information content (AvgIpc) is 2.36. The minimum absolute atomic E-state index is 1.08. The van der Waals surface area contributed by atoms with Crippen molar-refractivity contribution in [2.45, 2.75) is 34.1 Å². The van der Waals surface area contributed by atoms with Gasteiger partial charge in [0.05, 0.1) is 0 Å². The van der Waals surface area contributed by atoms with E-state index in [-0.39, 0.29) is 0 Å². The summed E-state index contributed by atoms with van der Waals surface area (Å²) in [6, 6.07) is 8.70. The van der Waals surface area contributed by atoms with Crippen molar-refractivity contribution < 1.29 is 0 Å². The lowest BCUT2D eigenvalue weighted by molar-refractivity contribution is 1.26. The molecule has 0 saturated carbocycles. The zero-order valence-electron chi connectivity index (χ0n) is 11.2. The fourth-order valence-electron chi connectivity index (χ4n) is 2.67. The van der Waals surface area contributed by atoms with E-state index < -0.39 is 0 Å². The van der Waals surface area contributed by atoms with Gasteiger partial charge in [0.1, 0.15) is 0 Å². The van der Waals surface area contributed by atoms with Crippen LogP contribution in [-0.2, 0) is 0 Å². The Hall–Kier alpha value is -1.56. The molecule has 88 valence electrons. The van der Waals surface area contributed by atoms with Crippen LogP contribution in [0.5, 0.6) is 0 Å². The van der Waals surface area contributed by atoms with Crippen molar-refractivity contribution in [3.05, 3.63) is 45.8 Å². The maximum Gasteiger partial charge on any atom is -0.0146 e. The highest BCUT2D eigenvalue weighted by Gasteiger charge is 2.04. The number of fused-ring (bicyclic) bond motifs is 1. The fourth-order valence-corrected chi connectivity index (χ4v) is 2.67. The van der Waals surface area contributed by atoms with E-state index >= 15 is 0 Å². The number of hydrogen-bond acceptors (Lipinski definition) is 0. The van der Waals surface area contributed by atoms with Gasteiger partial charge in [-0.2, -0.15) is 0 Å². The third-order valence-corrected chi connectivity index (χ3v) is 3.53. The monoisotopic (exact) mass is 224 g/mol. The van der Waals surface area contributed by atoms with Gasteiger partial charge in [0.25, 0.3) is 0 Å². The largest absolute Gasteiger partial charge is 0.0795 e. The lowest BCUT2D eigenvalue weighted by Crippen LogP contribution is -2.30. The smallest absolute Gasteiger partial charge is 0.0146 e. The quantitative estimate of drug-likeness (QED) is 0.696. The molecule has 2 aromatic carbocycles. The maximum absolute atomic E-state index is 2.34. The summed E-state index contributed by atoms with van der Waals surface area (Å²) in [6.07, 6.45) is 5.65. The molecular weight excluding hydrogens is 204 g/mol. The zero-order valence-corrected chi connectivity index (χ0v) is 11.2. The predicted molar refractivity (Wildman–Crippen MR) is 77.6 cm³/mol. The van der Waals surface area contributed by atoms with E-state index in [0.717, 1.165) is 6.42 Å². The van der Waals surface area contributed by atoms with Gasteiger partial charge in [-0.25, -0.2) is 0 Å². The molecule has 0 fully saturated rings. The van der Waals surface area contributed by atoms with Crippen molar-refractivity contribution in [2.75, 3.05) is 0 Å². The minimum atomic E-state index is 1.08. The van der Waals surface area contributed by atoms with Crippen LogP contribution in [0.4, 0.5) is 0 Å². The Morgan fingerprint density at radius 3 is 1.94 bits per heavy atom. The lowest BCUT2D eigenvalue weighted by Gasteiger charge is -2.09. The Morgan fingerprint density at radius 2 is 1.47 bits per heavy atom. The molecule has 0 nitrogen and oxygen atoms in total. The highest BCUT2D eigenvalue weighted by Crippen LogP contribution is 2.16. The second-order valence-electron chi connectivity index (χ2n) is 4.52. The van der Waals surface area contributed by atoms with Crippen molar-refractivity contribution in [2.24, 2.45) is 0 Å². The summed E-state index contributed by atoms with van der Waals surface area (Å²) in [7, 11) is 0. The molecule has 0 bridgehead atoms. The first-order chi connectivity index (χ1) is 8.20. The van der Waals surface area contributed by atoms with E-state index in [0.29, 0.717) is 0 Å². The normalized spacial score (nSPS) is 13.6. The van der Waals surface area contributed by atoms with Crippen LogP contribution in [0.25, 0.3) is 22.9 Å². The van der Waals surface area contributed by atoms with Crippen LogP contribution >= 0.6 is 0 Å². The summed E-state index contributed by atoms with van der Waals surface area (Å²) in [5.41, 5.74) is 2.80. The number of hydrogen-bond donors (Lipinski definition) is 0. The molecule has 0 N–H and O–H groups in total. The second-order valence-corrected chi connectivity index (χ2v) is 4.52. The zero-order chi connectivity index (χ0) is 12.4. The Morgan fingerprint density at radius 1 is 0.941 bits per heavy atom. The molecule has 0 spiro atoms. The summed E-state index contributed by atoms with van der Waals surface area (Å²) < 4.78 is 0. The third kappa shape index (κ3) is 1.88. The molecule has 0 aliphatic carbocycles. The first kappa shape index (κ1) is 11.9. The van der Waals surface area contributed by atoms with Crippen LogP contribution in [0.2, 0.25) is 0 Å². The summed E-state index contributed by atoms with van der Waals surface area (Å²) in [6.45, 7) is 8.79. The first-order valence-electron chi connectivity index (χ1n) is 6.35. The van der Waals surface area contributed by atoms with Crippen LogP contribution < -0.4 is 10.4 Å². The molecular formula is C17H20. The molecule has 0 aromatic heterocycles. The van der Waals surface area contributed by atoms with E-state index in [1.165, 1.54) is 32.3 Å². The lowest BCUT2D eigenvalue weighted by atomic mass is 9.96. The van der Waals surface area contributed by atoms with Gasteiger partial charge in [0, 0.05) is 0 Å². The fraction of sp³-hybridized carbons (Fsp3) is 0.294. The Bertz CT molecular complexity index is 660. The SMILES string of the molecule is C/C=c1/c(C)c2ccccc2c(C)/c1=C/CC. The van der Waals surface area contributed by atoms with Crippen molar-refractivity contribution in [3.63, 3.8) is 0 Å². The van der Waals surface area contributed by atoms with Crippen molar-refractivity contribution in [1.82, 2.24) is 0 Å². The van der Waals surface area contributed by atoms with Gasteiger partial charge < -0.3 is 0 Å². The second kappa shape index (κ2) is 4.75. The van der Waals surface area contributed by atoms with Gasteiger partial charge in [0.15, 0.2) is 0 Å². The van der Waals surface area contributed by atoms with Gasteiger partial charge >= 0.3 is 0 Å². The molecule has 0 heterocycles. The van der Waals surface area contributed by atoms with Crippen LogP contribution in [0.3, 0.4) is 0 Å². The first-order valence-corrected chi connectivity index (χ1v) is 6.35. The minimum Gasteiger partial charge on any atom is -0.0795 e. The number of benzene rings is 2.